The molecule has 0 radical (unpaired) electrons. The molecule has 0 saturated carbocycles. The molecule has 2 N–H and O–H groups in total. The summed E-state index contributed by atoms with van der Waals surface area (Å²) in [5.74, 6) is 0.121. The van der Waals surface area contributed by atoms with Crippen molar-refractivity contribution in [2.24, 2.45) is 0 Å². The van der Waals surface area contributed by atoms with Crippen LogP contribution in [0.2, 0.25) is 5.02 Å². The van der Waals surface area contributed by atoms with Crippen LogP contribution in [0, 0.1) is 0 Å². The fraction of sp³-hybridized carbons (Fsp3) is 0.200. The second kappa shape index (κ2) is 10.3. The molecule has 1 saturated heterocycles. The summed E-state index contributed by atoms with van der Waals surface area (Å²) in [6, 6.07) is 20.6. The highest BCUT2D eigenvalue weighted by atomic mass is 35.5. The molecule has 164 valence electrons. The zero-order chi connectivity index (χ0) is 22.3. The van der Waals surface area contributed by atoms with E-state index in [4.69, 9.17) is 21.1 Å². The predicted molar refractivity (Wildman–Crippen MR) is 125 cm³/mol. The number of amides is 2. The van der Waals surface area contributed by atoms with E-state index >= 15 is 0 Å². The minimum atomic E-state index is -0.295. The van der Waals surface area contributed by atoms with E-state index in [1.54, 1.807) is 72.8 Å². The Hall–Kier alpha value is -3.35. The summed E-state index contributed by atoms with van der Waals surface area (Å²) >= 11 is 5.96. The van der Waals surface area contributed by atoms with E-state index in [2.05, 4.69) is 10.6 Å². The van der Waals surface area contributed by atoms with Crippen LogP contribution in [0.3, 0.4) is 0 Å². The molecule has 3 aromatic rings. The summed E-state index contributed by atoms with van der Waals surface area (Å²) in [4.78, 5) is 25.2. The second-order valence-electron chi connectivity index (χ2n) is 7.47. The predicted octanol–water partition coefficient (Wildman–Crippen LogP) is 5.40. The van der Waals surface area contributed by atoms with Gasteiger partial charge in [-0.2, -0.15) is 0 Å². The maximum absolute atomic E-state index is 12.6. The van der Waals surface area contributed by atoms with E-state index in [0.29, 0.717) is 39.9 Å². The van der Waals surface area contributed by atoms with Crippen molar-refractivity contribution in [2.45, 2.75) is 18.9 Å². The molecule has 1 atom stereocenters. The van der Waals surface area contributed by atoms with Gasteiger partial charge >= 0.3 is 0 Å². The van der Waals surface area contributed by atoms with Gasteiger partial charge in [0.1, 0.15) is 12.4 Å². The number of nitrogens with one attached hydrogen (secondary N) is 2. The number of hydrogen-bond acceptors (Lipinski definition) is 4. The number of hydrogen-bond donors (Lipinski definition) is 2. The molecule has 0 aliphatic carbocycles. The van der Waals surface area contributed by atoms with Gasteiger partial charge in [-0.25, -0.2) is 0 Å². The van der Waals surface area contributed by atoms with Gasteiger partial charge in [0.05, 0.1) is 6.10 Å². The van der Waals surface area contributed by atoms with Crippen molar-refractivity contribution in [1.82, 2.24) is 0 Å². The normalized spacial score (nSPS) is 15.2. The topological polar surface area (TPSA) is 76.7 Å². The van der Waals surface area contributed by atoms with Crippen LogP contribution >= 0.6 is 11.6 Å². The van der Waals surface area contributed by atoms with E-state index in [-0.39, 0.29) is 17.9 Å². The van der Waals surface area contributed by atoms with Gasteiger partial charge < -0.3 is 20.1 Å². The molecule has 1 aliphatic rings. The molecule has 0 spiro atoms. The monoisotopic (exact) mass is 450 g/mol. The van der Waals surface area contributed by atoms with Crippen molar-refractivity contribution >= 4 is 34.8 Å². The lowest BCUT2D eigenvalue weighted by Gasteiger charge is -2.12. The molecule has 6 nitrogen and oxygen atoms in total. The zero-order valence-corrected chi connectivity index (χ0v) is 18.1. The molecule has 32 heavy (non-hydrogen) atoms. The highest BCUT2D eigenvalue weighted by Crippen LogP contribution is 2.19. The zero-order valence-electron chi connectivity index (χ0n) is 17.3. The molecule has 4 rings (SSSR count). The minimum absolute atomic E-state index is 0.140. The lowest BCUT2D eigenvalue weighted by Crippen LogP contribution is -2.16. The molecule has 0 bridgehead atoms. The lowest BCUT2D eigenvalue weighted by atomic mass is 10.1. The summed E-state index contributed by atoms with van der Waals surface area (Å²) in [6.45, 7) is 1.30. The van der Waals surface area contributed by atoms with Crippen LogP contribution in [0.15, 0.2) is 72.8 Å². The Morgan fingerprint density at radius 1 is 0.906 bits per heavy atom. The van der Waals surface area contributed by atoms with Gasteiger partial charge in [-0.3, -0.25) is 9.59 Å². The molecule has 7 heteroatoms. The van der Waals surface area contributed by atoms with E-state index in [0.717, 1.165) is 19.4 Å². The average molecular weight is 451 g/mol. The second-order valence-corrected chi connectivity index (χ2v) is 7.91. The van der Waals surface area contributed by atoms with E-state index in [1.165, 1.54) is 0 Å². The van der Waals surface area contributed by atoms with E-state index < -0.39 is 0 Å². The number of anilines is 2. The maximum atomic E-state index is 12.6. The largest absolute Gasteiger partial charge is 0.491 e. The lowest BCUT2D eigenvalue weighted by molar-refractivity contribution is 0.0679. The molecular weight excluding hydrogens is 428 g/mol. The standard InChI is InChI=1S/C25H23ClN2O4/c26-19-5-2-7-21(15-19)28-25(30)18-4-1-6-20(14-18)27-24(29)17-9-11-22(12-10-17)32-16-23-8-3-13-31-23/h1-2,4-7,9-12,14-15,23H,3,8,13,16H2,(H,27,29)(H,28,30). The molecule has 2 amide bonds. The SMILES string of the molecule is O=C(Nc1cccc(C(=O)Nc2cccc(Cl)c2)c1)c1ccc(OCC2CCCO2)cc1. The van der Waals surface area contributed by atoms with E-state index in [9.17, 15) is 9.59 Å². The van der Waals surface area contributed by atoms with Gasteiger partial charge in [-0.1, -0.05) is 23.7 Å². The Morgan fingerprint density at radius 2 is 1.59 bits per heavy atom. The van der Waals surface area contributed by atoms with Crippen molar-refractivity contribution in [3.63, 3.8) is 0 Å². The quantitative estimate of drug-likeness (QED) is 0.505. The third kappa shape index (κ3) is 5.87. The fourth-order valence-electron chi connectivity index (χ4n) is 3.38. The third-order valence-electron chi connectivity index (χ3n) is 5.04. The Labute approximate surface area is 191 Å². The van der Waals surface area contributed by atoms with Crippen molar-refractivity contribution in [3.05, 3.63) is 88.9 Å². The Morgan fingerprint density at radius 3 is 2.28 bits per heavy atom. The first-order valence-corrected chi connectivity index (χ1v) is 10.8. The van der Waals surface area contributed by atoms with Gasteiger partial charge in [0, 0.05) is 34.1 Å². The Balaban J connectivity index is 1.35. The third-order valence-corrected chi connectivity index (χ3v) is 5.28. The number of rotatable bonds is 7. The molecular formula is C25H23ClN2O4. The number of carbonyl (C=O) groups excluding carboxylic acids is 2. The van der Waals surface area contributed by atoms with Gasteiger partial charge in [0.2, 0.25) is 0 Å². The first-order chi connectivity index (χ1) is 15.6. The Bertz CT molecular complexity index is 1100. The first kappa shape index (κ1) is 21.9. The van der Waals surface area contributed by atoms with Crippen molar-refractivity contribution in [2.75, 3.05) is 23.8 Å². The van der Waals surface area contributed by atoms with Gasteiger partial charge in [-0.05, 0) is 73.5 Å². The van der Waals surface area contributed by atoms with Crippen molar-refractivity contribution in [1.29, 1.82) is 0 Å². The van der Waals surface area contributed by atoms with Gasteiger partial charge in [0.25, 0.3) is 11.8 Å². The first-order valence-electron chi connectivity index (χ1n) is 10.4. The average Bonchev–Trinajstić information content (AvgIpc) is 3.32. The summed E-state index contributed by atoms with van der Waals surface area (Å²) in [5, 5.41) is 6.15. The molecule has 0 aromatic heterocycles. The molecule has 1 fully saturated rings. The number of ether oxygens (including phenoxy) is 2. The fourth-order valence-corrected chi connectivity index (χ4v) is 3.57. The molecule has 1 unspecified atom stereocenters. The van der Waals surface area contributed by atoms with Crippen LogP contribution < -0.4 is 15.4 Å². The number of carbonyl (C=O) groups is 2. The van der Waals surface area contributed by atoms with Gasteiger partial charge in [-0.15, -0.1) is 0 Å². The molecule has 3 aromatic carbocycles. The highest BCUT2D eigenvalue weighted by Gasteiger charge is 2.16. The smallest absolute Gasteiger partial charge is 0.255 e. The maximum Gasteiger partial charge on any atom is 0.255 e. The van der Waals surface area contributed by atoms with Gasteiger partial charge in [0.15, 0.2) is 0 Å². The van der Waals surface area contributed by atoms with Crippen molar-refractivity contribution in [3.8, 4) is 5.75 Å². The van der Waals surface area contributed by atoms with Crippen LogP contribution in [0.25, 0.3) is 0 Å². The number of benzene rings is 3. The van der Waals surface area contributed by atoms with Crippen LogP contribution in [0.1, 0.15) is 33.6 Å². The van der Waals surface area contributed by atoms with Crippen LogP contribution in [-0.2, 0) is 4.74 Å². The van der Waals surface area contributed by atoms with Crippen LogP contribution in [-0.4, -0.2) is 31.1 Å². The summed E-state index contributed by atoms with van der Waals surface area (Å²) < 4.78 is 11.3. The van der Waals surface area contributed by atoms with Crippen molar-refractivity contribution < 1.29 is 19.1 Å². The highest BCUT2D eigenvalue weighted by molar-refractivity contribution is 6.31. The Kier molecular flexibility index (Phi) is 7.04. The number of halogens is 1. The van der Waals surface area contributed by atoms with E-state index in [1.807, 2.05) is 0 Å². The summed E-state index contributed by atoms with van der Waals surface area (Å²) in [7, 11) is 0. The summed E-state index contributed by atoms with van der Waals surface area (Å²) in [6.07, 6.45) is 2.22. The molecule has 1 heterocycles. The summed E-state index contributed by atoms with van der Waals surface area (Å²) in [5.41, 5.74) is 2.02. The molecule has 1 aliphatic heterocycles. The van der Waals surface area contributed by atoms with Crippen LogP contribution in [0.4, 0.5) is 11.4 Å². The minimum Gasteiger partial charge on any atom is -0.491 e. The van der Waals surface area contributed by atoms with Crippen LogP contribution in [0.5, 0.6) is 5.75 Å².